The van der Waals surface area contributed by atoms with Crippen LogP contribution < -0.4 is 5.32 Å². The van der Waals surface area contributed by atoms with Crippen molar-refractivity contribution >= 4 is 31.7 Å². The second kappa shape index (κ2) is 9.37. The van der Waals surface area contributed by atoms with Crippen molar-refractivity contribution < 1.29 is 13.2 Å². The molecule has 150 valence electrons. The number of benzene rings is 3. The summed E-state index contributed by atoms with van der Waals surface area (Å²) in [4.78, 5) is 12.9. The van der Waals surface area contributed by atoms with Gasteiger partial charge in [0.2, 0.25) is 5.91 Å². The number of nitrogens with one attached hydrogen (secondary N) is 1. The summed E-state index contributed by atoms with van der Waals surface area (Å²) in [5.41, 5.74) is 2.85. The molecule has 0 bridgehead atoms. The van der Waals surface area contributed by atoms with E-state index in [0.29, 0.717) is 0 Å². The maximum Gasteiger partial charge on any atom is 0.221 e. The van der Waals surface area contributed by atoms with Gasteiger partial charge in [-0.05, 0) is 42.3 Å². The lowest BCUT2D eigenvalue weighted by molar-refractivity contribution is -0.121. The van der Waals surface area contributed by atoms with Gasteiger partial charge >= 0.3 is 0 Å². The van der Waals surface area contributed by atoms with E-state index in [1.807, 2.05) is 61.5 Å². The van der Waals surface area contributed by atoms with Crippen LogP contribution in [0.2, 0.25) is 0 Å². The van der Waals surface area contributed by atoms with Gasteiger partial charge in [-0.25, -0.2) is 8.42 Å². The number of hydrogen-bond acceptors (Lipinski definition) is 3. The van der Waals surface area contributed by atoms with Gasteiger partial charge in [0.15, 0.2) is 9.84 Å². The molecule has 0 aliphatic heterocycles. The van der Waals surface area contributed by atoms with E-state index < -0.39 is 9.84 Å². The summed E-state index contributed by atoms with van der Waals surface area (Å²) < 4.78 is 26.0. The molecule has 0 fully saturated rings. The highest BCUT2D eigenvalue weighted by Crippen LogP contribution is 2.24. The summed E-state index contributed by atoms with van der Waals surface area (Å²) in [6.45, 7) is 1.90. The number of sulfone groups is 1. The van der Waals surface area contributed by atoms with Gasteiger partial charge in [0.05, 0.1) is 16.7 Å². The Labute approximate surface area is 180 Å². The molecule has 6 heteroatoms. The fourth-order valence-electron chi connectivity index (χ4n) is 2.98. The molecule has 0 aromatic heterocycles. The van der Waals surface area contributed by atoms with E-state index in [-0.39, 0.29) is 29.0 Å². The maximum absolute atomic E-state index is 12.6. The molecule has 1 atom stereocenters. The maximum atomic E-state index is 12.6. The number of aryl methyl sites for hydroxylation is 1. The van der Waals surface area contributed by atoms with E-state index in [1.54, 1.807) is 24.3 Å². The van der Waals surface area contributed by atoms with Crippen LogP contribution in [0.1, 0.15) is 29.2 Å². The van der Waals surface area contributed by atoms with Gasteiger partial charge in [0.25, 0.3) is 0 Å². The molecule has 0 saturated carbocycles. The van der Waals surface area contributed by atoms with E-state index in [4.69, 9.17) is 0 Å². The molecule has 3 aromatic rings. The molecular formula is C23H22BrNO3S. The fraction of sp³-hybridized carbons (Fsp3) is 0.174. The first-order valence-electron chi connectivity index (χ1n) is 9.24. The van der Waals surface area contributed by atoms with Crippen LogP contribution in [0.5, 0.6) is 0 Å². The average molecular weight is 472 g/mol. The minimum absolute atomic E-state index is 0.101. The number of carbonyl (C=O) groups excluding carboxylic acids is 1. The lowest BCUT2D eigenvalue weighted by Crippen LogP contribution is -2.30. The minimum Gasteiger partial charge on any atom is -0.345 e. The van der Waals surface area contributed by atoms with E-state index >= 15 is 0 Å². The van der Waals surface area contributed by atoms with Crippen LogP contribution in [-0.2, 0) is 14.6 Å². The molecule has 0 aliphatic rings. The minimum atomic E-state index is -3.51. The van der Waals surface area contributed by atoms with Gasteiger partial charge in [0.1, 0.15) is 0 Å². The van der Waals surface area contributed by atoms with Crippen molar-refractivity contribution in [2.24, 2.45) is 0 Å². The first-order valence-corrected chi connectivity index (χ1v) is 11.7. The molecule has 1 amide bonds. The van der Waals surface area contributed by atoms with Crippen molar-refractivity contribution in [3.8, 4) is 0 Å². The van der Waals surface area contributed by atoms with Crippen LogP contribution in [0.4, 0.5) is 0 Å². The van der Waals surface area contributed by atoms with Crippen molar-refractivity contribution in [1.82, 2.24) is 5.32 Å². The van der Waals surface area contributed by atoms with Crippen molar-refractivity contribution in [1.29, 1.82) is 0 Å². The average Bonchev–Trinajstić information content (AvgIpc) is 2.72. The van der Waals surface area contributed by atoms with Gasteiger partial charge in [-0.1, -0.05) is 76.1 Å². The van der Waals surface area contributed by atoms with Gasteiger partial charge < -0.3 is 5.32 Å². The summed E-state index contributed by atoms with van der Waals surface area (Å²) in [7, 11) is -3.51. The Morgan fingerprint density at radius 1 is 0.897 bits per heavy atom. The van der Waals surface area contributed by atoms with E-state index in [0.717, 1.165) is 21.2 Å². The van der Waals surface area contributed by atoms with Crippen LogP contribution >= 0.6 is 15.9 Å². The summed E-state index contributed by atoms with van der Waals surface area (Å²) in [5, 5.41) is 2.98. The van der Waals surface area contributed by atoms with Crippen molar-refractivity contribution in [2.45, 2.75) is 24.3 Å². The number of rotatable bonds is 7. The Kier molecular flexibility index (Phi) is 6.87. The van der Waals surface area contributed by atoms with Crippen LogP contribution in [0.25, 0.3) is 0 Å². The van der Waals surface area contributed by atoms with E-state index in [1.165, 1.54) is 0 Å². The van der Waals surface area contributed by atoms with E-state index in [9.17, 15) is 13.2 Å². The number of carbonyl (C=O) groups is 1. The molecule has 3 rings (SSSR count). The highest BCUT2D eigenvalue weighted by atomic mass is 79.9. The second-order valence-corrected chi connectivity index (χ2v) is 9.87. The fourth-order valence-corrected chi connectivity index (χ4v) is 4.49. The molecule has 1 unspecified atom stereocenters. The van der Waals surface area contributed by atoms with Crippen molar-refractivity contribution in [2.75, 3.05) is 5.75 Å². The zero-order valence-electron chi connectivity index (χ0n) is 16.0. The monoisotopic (exact) mass is 471 g/mol. The van der Waals surface area contributed by atoms with Crippen LogP contribution in [0.3, 0.4) is 0 Å². The molecule has 0 saturated heterocycles. The number of halogens is 1. The van der Waals surface area contributed by atoms with Crippen molar-refractivity contribution in [3.63, 3.8) is 0 Å². The SMILES string of the molecule is Cc1ccc(S(=O)(=O)CCC(=O)NC(c2ccccc2)c2ccc(Br)cc2)cc1. The Balaban J connectivity index is 1.73. The Hall–Kier alpha value is -2.44. The first kappa shape index (κ1) is 21.3. The summed E-state index contributed by atoms with van der Waals surface area (Å²) in [6, 6.07) is 23.6. The third-order valence-corrected chi connectivity index (χ3v) is 6.88. The Morgan fingerprint density at radius 3 is 2.10 bits per heavy atom. The predicted octanol–water partition coefficient (Wildman–Crippen LogP) is 4.83. The summed E-state index contributed by atoms with van der Waals surface area (Å²) in [6.07, 6.45) is -0.101. The van der Waals surface area contributed by atoms with Crippen LogP contribution in [-0.4, -0.2) is 20.1 Å². The third kappa shape index (κ3) is 5.78. The number of amides is 1. The zero-order chi connectivity index (χ0) is 20.9. The molecule has 1 N–H and O–H groups in total. The molecule has 0 aliphatic carbocycles. The zero-order valence-corrected chi connectivity index (χ0v) is 18.4. The molecule has 0 spiro atoms. The van der Waals surface area contributed by atoms with Gasteiger partial charge in [-0.3, -0.25) is 4.79 Å². The second-order valence-electron chi connectivity index (χ2n) is 6.84. The highest BCUT2D eigenvalue weighted by Gasteiger charge is 2.20. The van der Waals surface area contributed by atoms with Gasteiger partial charge in [-0.2, -0.15) is 0 Å². The first-order chi connectivity index (χ1) is 13.8. The summed E-state index contributed by atoms with van der Waals surface area (Å²) in [5.74, 6) is -0.540. The Bertz CT molecular complexity index is 1060. The van der Waals surface area contributed by atoms with Crippen LogP contribution in [0, 0.1) is 6.92 Å². The predicted molar refractivity (Wildman–Crippen MR) is 118 cm³/mol. The lowest BCUT2D eigenvalue weighted by atomic mass is 9.98. The molecule has 3 aromatic carbocycles. The Morgan fingerprint density at radius 2 is 1.48 bits per heavy atom. The van der Waals surface area contributed by atoms with Gasteiger partial charge in [0, 0.05) is 10.9 Å². The standard InChI is InChI=1S/C23H22BrNO3S/c1-17-7-13-21(14-8-17)29(27,28)16-15-22(26)25-23(18-5-3-2-4-6-18)19-9-11-20(24)12-10-19/h2-14,23H,15-16H2,1H3,(H,25,26). The van der Waals surface area contributed by atoms with E-state index in [2.05, 4.69) is 21.2 Å². The molecular weight excluding hydrogens is 450 g/mol. The highest BCUT2D eigenvalue weighted by molar-refractivity contribution is 9.10. The topological polar surface area (TPSA) is 63.2 Å². The molecule has 29 heavy (non-hydrogen) atoms. The number of hydrogen-bond donors (Lipinski definition) is 1. The molecule has 0 radical (unpaired) electrons. The largest absolute Gasteiger partial charge is 0.345 e. The van der Waals surface area contributed by atoms with Crippen LogP contribution in [0.15, 0.2) is 88.2 Å². The molecule has 4 nitrogen and oxygen atoms in total. The normalized spacial score (nSPS) is 12.3. The quantitative estimate of drug-likeness (QED) is 0.536. The van der Waals surface area contributed by atoms with Gasteiger partial charge in [-0.15, -0.1) is 0 Å². The third-order valence-electron chi connectivity index (χ3n) is 4.62. The van der Waals surface area contributed by atoms with Crippen molar-refractivity contribution in [3.05, 3.63) is 100 Å². The summed E-state index contributed by atoms with van der Waals surface area (Å²) >= 11 is 3.42. The smallest absolute Gasteiger partial charge is 0.221 e. The lowest BCUT2D eigenvalue weighted by Gasteiger charge is -2.20. The molecule has 0 heterocycles.